The van der Waals surface area contributed by atoms with Gasteiger partial charge >= 0.3 is 0 Å². The zero-order valence-electron chi connectivity index (χ0n) is 17.8. The largest absolute Gasteiger partial charge is 0.486 e. The van der Waals surface area contributed by atoms with Crippen LogP contribution in [0.3, 0.4) is 0 Å². The van der Waals surface area contributed by atoms with Crippen molar-refractivity contribution in [3.63, 3.8) is 0 Å². The van der Waals surface area contributed by atoms with E-state index >= 15 is 0 Å². The van der Waals surface area contributed by atoms with Gasteiger partial charge in [0.25, 0.3) is 0 Å². The van der Waals surface area contributed by atoms with E-state index in [0.717, 1.165) is 11.3 Å². The summed E-state index contributed by atoms with van der Waals surface area (Å²) < 4.78 is 7.12. The van der Waals surface area contributed by atoms with Crippen molar-refractivity contribution in [3.05, 3.63) is 70.5 Å². The van der Waals surface area contributed by atoms with Crippen molar-refractivity contribution in [2.75, 3.05) is 18.6 Å². The van der Waals surface area contributed by atoms with Crippen molar-refractivity contribution < 1.29 is 9.53 Å². The second kappa shape index (κ2) is 10.5. The standard InChI is InChI=1S/C22H26ClN5O2S/c1-15(2)17-7-9-19(10-8-17)30-13-20-25-26-22(28(20)24)31-14-21(29)27(3)12-16-5-4-6-18(23)11-16/h4-11,15H,12-14,24H2,1-3H3. The number of nitrogens with two attached hydrogens (primary N) is 1. The zero-order chi connectivity index (χ0) is 22.4. The van der Waals surface area contributed by atoms with Gasteiger partial charge in [0.1, 0.15) is 12.4 Å². The topological polar surface area (TPSA) is 86.3 Å². The maximum atomic E-state index is 12.5. The molecule has 1 aromatic heterocycles. The van der Waals surface area contributed by atoms with Crippen LogP contribution >= 0.6 is 23.4 Å². The molecule has 2 N–H and O–H groups in total. The summed E-state index contributed by atoms with van der Waals surface area (Å²) in [5, 5.41) is 9.26. The fourth-order valence-electron chi connectivity index (χ4n) is 2.83. The van der Waals surface area contributed by atoms with Gasteiger partial charge in [-0.2, -0.15) is 0 Å². The molecular formula is C22H26ClN5O2S. The Morgan fingerprint density at radius 3 is 2.65 bits per heavy atom. The highest BCUT2D eigenvalue weighted by Crippen LogP contribution is 2.20. The van der Waals surface area contributed by atoms with E-state index in [1.54, 1.807) is 18.0 Å². The van der Waals surface area contributed by atoms with Crippen molar-refractivity contribution in [2.45, 2.75) is 38.1 Å². The third kappa shape index (κ3) is 6.38. The van der Waals surface area contributed by atoms with E-state index < -0.39 is 0 Å². The minimum absolute atomic E-state index is 0.0454. The number of hydrogen-bond acceptors (Lipinski definition) is 6. The number of ether oxygens (including phenoxy) is 1. The van der Waals surface area contributed by atoms with Crippen LogP contribution in [0, 0.1) is 0 Å². The van der Waals surface area contributed by atoms with E-state index in [2.05, 4.69) is 24.0 Å². The lowest BCUT2D eigenvalue weighted by molar-refractivity contribution is -0.127. The molecular weight excluding hydrogens is 434 g/mol. The van der Waals surface area contributed by atoms with Gasteiger partial charge in [0.15, 0.2) is 5.82 Å². The fraction of sp³-hybridized carbons (Fsp3) is 0.318. The highest BCUT2D eigenvalue weighted by molar-refractivity contribution is 7.99. The molecule has 2 aromatic carbocycles. The summed E-state index contributed by atoms with van der Waals surface area (Å²) in [6.45, 7) is 4.95. The average molecular weight is 460 g/mol. The first-order valence-electron chi connectivity index (χ1n) is 9.87. The van der Waals surface area contributed by atoms with Gasteiger partial charge < -0.3 is 15.5 Å². The number of nitrogen functional groups attached to an aromatic ring is 1. The summed E-state index contributed by atoms with van der Waals surface area (Å²) >= 11 is 7.24. The van der Waals surface area contributed by atoms with Crippen LogP contribution in [0.5, 0.6) is 5.75 Å². The molecule has 164 valence electrons. The molecule has 0 radical (unpaired) electrons. The lowest BCUT2D eigenvalue weighted by Gasteiger charge is -2.17. The Morgan fingerprint density at radius 1 is 1.23 bits per heavy atom. The Kier molecular flexibility index (Phi) is 7.81. The van der Waals surface area contributed by atoms with E-state index in [0.29, 0.717) is 28.5 Å². The van der Waals surface area contributed by atoms with Gasteiger partial charge in [0.2, 0.25) is 11.1 Å². The number of amides is 1. The smallest absolute Gasteiger partial charge is 0.233 e. The molecule has 31 heavy (non-hydrogen) atoms. The van der Waals surface area contributed by atoms with Gasteiger partial charge in [-0.1, -0.05) is 61.5 Å². The Hall–Kier alpha value is -2.71. The Balaban J connectivity index is 1.50. The molecule has 3 rings (SSSR count). The van der Waals surface area contributed by atoms with Crippen molar-refractivity contribution in [1.29, 1.82) is 0 Å². The van der Waals surface area contributed by atoms with E-state index in [9.17, 15) is 4.79 Å². The molecule has 0 aliphatic rings. The second-order valence-corrected chi connectivity index (χ2v) is 8.83. The zero-order valence-corrected chi connectivity index (χ0v) is 19.4. The number of aromatic nitrogens is 3. The molecule has 0 bridgehead atoms. The summed E-state index contributed by atoms with van der Waals surface area (Å²) in [7, 11) is 1.75. The minimum atomic E-state index is -0.0454. The number of hydrogen-bond donors (Lipinski definition) is 1. The number of thioether (sulfide) groups is 1. The second-order valence-electron chi connectivity index (χ2n) is 7.45. The van der Waals surface area contributed by atoms with Crippen LogP contribution in [0.15, 0.2) is 53.7 Å². The average Bonchev–Trinajstić information content (AvgIpc) is 3.10. The predicted molar refractivity (Wildman–Crippen MR) is 124 cm³/mol. The minimum Gasteiger partial charge on any atom is -0.486 e. The molecule has 0 aliphatic heterocycles. The molecule has 0 aliphatic carbocycles. The first-order valence-corrected chi connectivity index (χ1v) is 11.2. The number of nitrogens with zero attached hydrogens (tertiary/aromatic N) is 4. The van der Waals surface area contributed by atoms with Crippen LogP contribution < -0.4 is 10.6 Å². The summed E-state index contributed by atoms with van der Waals surface area (Å²) in [6.07, 6.45) is 0. The SMILES string of the molecule is CC(C)c1ccc(OCc2nnc(SCC(=O)N(C)Cc3cccc(Cl)c3)n2N)cc1. The summed E-state index contributed by atoms with van der Waals surface area (Å²) in [5.74, 6) is 7.92. The van der Waals surface area contributed by atoms with Gasteiger partial charge in [-0.15, -0.1) is 10.2 Å². The predicted octanol–water partition coefficient (Wildman–Crippen LogP) is 4.10. The molecule has 0 unspecified atom stereocenters. The van der Waals surface area contributed by atoms with Crippen LogP contribution in [0.25, 0.3) is 0 Å². The van der Waals surface area contributed by atoms with Crippen molar-refractivity contribution >= 4 is 29.3 Å². The lowest BCUT2D eigenvalue weighted by atomic mass is 10.0. The Bertz CT molecular complexity index is 1020. The molecule has 9 heteroatoms. The number of benzene rings is 2. The van der Waals surface area contributed by atoms with Crippen LogP contribution in [-0.2, 0) is 17.9 Å². The van der Waals surface area contributed by atoms with Gasteiger partial charge in [0, 0.05) is 18.6 Å². The maximum Gasteiger partial charge on any atom is 0.233 e. The number of carbonyl (C=O) groups is 1. The molecule has 1 amide bonds. The summed E-state index contributed by atoms with van der Waals surface area (Å²) in [5.41, 5.74) is 2.22. The van der Waals surface area contributed by atoms with Gasteiger partial charge in [0.05, 0.1) is 5.75 Å². The van der Waals surface area contributed by atoms with E-state index in [-0.39, 0.29) is 18.3 Å². The van der Waals surface area contributed by atoms with Crippen LogP contribution in [-0.4, -0.2) is 38.5 Å². The Labute approximate surface area is 191 Å². The molecule has 0 atom stereocenters. The van der Waals surface area contributed by atoms with Gasteiger partial charge in [-0.3, -0.25) is 4.79 Å². The van der Waals surface area contributed by atoms with Crippen molar-refractivity contribution in [3.8, 4) is 5.75 Å². The summed E-state index contributed by atoms with van der Waals surface area (Å²) in [4.78, 5) is 14.1. The van der Waals surface area contributed by atoms with Gasteiger partial charge in [-0.25, -0.2) is 4.68 Å². The molecule has 7 nitrogen and oxygen atoms in total. The monoisotopic (exact) mass is 459 g/mol. The first kappa shape index (κ1) is 23.0. The normalized spacial score (nSPS) is 11.0. The van der Waals surface area contributed by atoms with Crippen molar-refractivity contribution in [1.82, 2.24) is 19.8 Å². The molecule has 0 fully saturated rings. The van der Waals surface area contributed by atoms with E-state index in [1.165, 1.54) is 22.0 Å². The fourth-order valence-corrected chi connectivity index (χ4v) is 3.86. The number of rotatable bonds is 9. The number of carbonyl (C=O) groups excluding carboxylic acids is 1. The maximum absolute atomic E-state index is 12.5. The van der Waals surface area contributed by atoms with E-state index in [1.807, 2.05) is 42.5 Å². The number of halogens is 1. The quantitative estimate of drug-likeness (QED) is 0.383. The third-order valence-corrected chi connectivity index (χ3v) is 5.87. The van der Waals surface area contributed by atoms with Crippen LogP contribution in [0.4, 0.5) is 0 Å². The molecule has 3 aromatic rings. The van der Waals surface area contributed by atoms with Crippen LogP contribution in [0.1, 0.15) is 36.7 Å². The highest BCUT2D eigenvalue weighted by atomic mass is 35.5. The first-order chi connectivity index (χ1) is 14.8. The Morgan fingerprint density at radius 2 is 1.97 bits per heavy atom. The lowest BCUT2D eigenvalue weighted by Crippen LogP contribution is -2.28. The molecule has 0 spiro atoms. The molecule has 0 saturated heterocycles. The summed E-state index contributed by atoms with van der Waals surface area (Å²) in [6, 6.07) is 15.4. The van der Waals surface area contributed by atoms with Crippen molar-refractivity contribution in [2.24, 2.45) is 0 Å². The molecule has 1 heterocycles. The van der Waals surface area contributed by atoms with Crippen LogP contribution in [0.2, 0.25) is 5.02 Å². The highest BCUT2D eigenvalue weighted by Gasteiger charge is 2.15. The van der Waals surface area contributed by atoms with E-state index in [4.69, 9.17) is 22.2 Å². The third-order valence-electron chi connectivity index (χ3n) is 4.71. The van der Waals surface area contributed by atoms with Gasteiger partial charge in [-0.05, 0) is 41.3 Å². The molecule has 0 saturated carbocycles.